The molecule has 5 nitrogen and oxygen atoms in total. The predicted octanol–water partition coefficient (Wildman–Crippen LogP) is 1.84. The van der Waals surface area contributed by atoms with Crippen molar-refractivity contribution in [2.75, 3.05) is 11.9 Å². The molecule has 2 atom stereocenters. The summed E-state index contributed by atoms with van der Waals surface area (Å²) in [6.07, 6.45) is 4.67. The summed E-state index contributed by atoms with van der Waals surface area (Å²) in [5.41, 5.74) is 0. The van der Waals surface area contributed by atoms with Crippen molar-refractivity contribution in [3.05, 3.63) is 12.3 Å². The van der Waals surface area contributed by atoms with Crippen LogP contribution in [0.3, 0.4) is 0 Å². The van der Waals surface area contributed by atoms with Gasteiger partial charge in [0.05, 0.1) is 12.2 Å². The van der Waals surface area contributed by atoms with Gasteiger partial charge in [-0.1, -0.05) is 6.42 Å². The molecule has 18 heavy (non-hydrogen) atoms. The van der Waals surface area contributed by atoms with Crippen LogP contribution in [0.2, 0.25) is 0 Å². The summed E-state index contributed by atoms with van der Waals surface area (Å²) in [6, 6.07) is 1.75. The molecule has 0 aliphatic heterocycles. The third-order valence-corrected chi connectivity index (χ3v) is 3.13. The van der Waals surface area contributed by atoms with E-state index >= 15 is 0 Å². The number of anilines is 1. The molecule has 100 valence electrons. The number of ether oxygens (including phenoxy) is 1. The molecule has 5 heteroatoms. The molecule has 0 spiro atoms. The number of aliphatic hydroxyl groups is 1. The maximum Gasteiger partial charge on any atom is 0.225 e. The Hall–Kier alpha value is -1.36. The minimum absolute atomic E-state index is 0.101. The smallest absolute Gasteiger partial charge is 0.225 e. The molecule has 0 aromatic carbocycles. The van der Waals surface area contributed by atoms with Gasteiger partial charge in [-0.15, -0.1) is 0 Å². The van der Waals surface area contributed by atoms with Crippen molar-refractivity contribution in [2.24, 2.45) is 5.92 Å². The van der Waals surface area contributed by atoms with Crippen molar-refractivity contribution in [3.8, 4) is 5.88 Å². The van der Waals surface area contributed by atoms with Gasteiger partial charge in [0.1, 0.15) is 0 Å². The molecule has 0 saturated heterocycles. The van der Waals surface area contributed by atoms with Crippen LogP contribution in [0.15, 0.2) is 12.3 Å². The summed E-state index contributed by atoms with van der Waals surface area (Å²) in [5.74, 6) is 1.45. The minimum Gasteiger partial charge on any atom is -0.475 e. The lowest BCUT2D eigenvalue weighted by Gasteiger charge is -2.15. The topological polar surface area (TPSA) is 67.3 Å². The molecule has 0 amide bonds. The molecule has 1 fully saturated rings. The van der Waals surface area contributed by atoms with Crippen molar-refractivity contribution in [1.29, 1.82) is 0 Å². The number of hydrogen-bond acceptors (Lipinski definition) is 5. The second kappa shape index (κ2) is 6.00. The van der Waals surface area contributed by atoms with Crippen LogP contribution in [0.1, 0.15) is 33.1 Å². The zero-order chi connectivity index (χ0) is 13.0. The number of nitrogens with one attached hydrogen (secondary N) is 1. The van der Waals surface area contributed by atoms with Crippen molar-refractivity contribution >= 4 is 5.95 Å². The fourth-order valence-electron chi connectivity index (χ4n) is 2.21. The van der Waals surface area contributed by atoms with Crippen molar-refractivity contribution in [3.63, 3.8) is 0 Å². The molecule has 1 saturated carbocycles. The monoisotopic (exact) mass is 251 g/mol. The maximum absolute atomic E-state index is 9.73. The SMILES string of the molecule is CC(C)Oc1ccnc(NCC2CCCC2O)n1. The van der Waals surface area contributed by atoms with Gasteiger partial charge < -0.3 is 15.2 Å². The highest BCUT2D eigenvalue weighted by Crippen LogP contribution is 2.25. The first-order valence-corrected chi connectivity index (χ1v) is 6.57. The first-order chi connectivity index (χ1) is 8.65. The number of rotatable bonds is 5. The van der Waals surface area contributed by atoms with Gasteiger partial charge in [0.2, 0.25) is 11.8 Å². The number of nitrogens with zero attached hydrogens (tertiary/aromatic N) is 2. The summed E-state index contributed by atoms with van der Waals surface area (Å²) in [6.45, 7) is 4.64. The van der Waals surface area contributed by atoms with Crippen LogP contribution in [-0.2, 0) is 0 Å². The molecule has 1 aliphatic rings. The fraction of sp³-hybridized carbons (Fsp3) is 0.692. The van der Waals surface area contributed by atoms with E-state index in [0.717, 1.165) is 19.3 Å². The molecular weight excluding hydrogens is 230 g/mol. The van der Waals surface area contributed by atoms with E-state index in [0.29, 0.717) is 24.3 Å². The summed E-state index contributed by atoms with van der Waals surface area (Å²) in [4.78, 5) is 8.42. The molecular formula is C13H21N3O2. The third kappa shape index (κ3) is 3.57. The average Bonchev–Trinajstić information content (AvgIpc) is 2.72. The summed E-state index contributed by atoms with van der Waals surface area (Å²) >= 11 is 0. The minimum atomic E-state index is -0.187. The standard InChI is InChI=1S/C13H21N3O2/c1-9(2)18-12-6-7-14-13(16-12)15-8-10-4-3-5-11(10)17/h6-7,9-11,17H,3-5,8H2,1-2H3,(H,14,15,16). The highest BCUT2D eigenvalue weighted by Gasteiger charge is 2.24. The lowest BCUT2D eigenvalue weighted by molar-refractivity contribution is 0.138. The van der Waals surface area contributed by atoms with Gasteiger partial charge in [0.25, 0.3) is 0 Å². The fourth-order valence-corrected chi connectivity index (χ4v) is 2.21. The van der Waals surface area contributed by atoms with Gasteiger partial charge >= 0.3 is 0 Å². The molecule has 2 rings (SSSR count). The van der Waals surface area contributed by atoms with Gasteiger partial charge in [-0.3, -0.25) is 0 Å². The van der Waals surface area contributed by atoms with Gasteiger partial charge in [0, 0.05) is 24.7 Å². The third-order valence-electron chi connectivity index (χ3n) is 3.13. The van der Waals surface area contributed by atoms with Crippen LogP contribution in [0.4, 0.5) is 5.95 Å². The van der Waals surface area contributed by atoms with E-state index in [4.69, 9.17) is 4.74 Å². The predicted molar refractivity (Wildman–Crippen MR) is 69.6 cm³/mol. The summed E-state index contributed by atoms with van der Waals surface area (Å²) in [5, 5.41) is 12.9. The molecule has 2 N–H and O–H groups in total. The van der Waals surface area contributed by atoms with Crippen molar-refractivity contribution in [1.82, 2.24) is 9.97 Å². The van der Waals surface area contributed by atoms with E-state index in [1.165, 1.54) is 0 Å². The Morgan fingerprint density at radius 3 is 3.00 bits per heavy atom. The van der Waals surface area contributed by atoms with Crippen molar-refractivity contribution in [2.45, 2.75) is 45.3 Å². The van der Waals surface area contributed by atoms with Crippen LogP contribution < -0.4 is 10.1 Å². The van der Waals surface area contributed by atoms with E-state index in [-0.39, 0.29) is 12.2 Å². The zero-order valence-corrected chi connectivity index (χ0v) is 11.0. The summed E-state index contributed by atoms with van der Waals surface area (Å²) in [7, 11) is 0. The van der Waals surface area contributed by atoms with E-state index in [9.17, 15) is 5.11 Å². The lowest BCUT2D eigenvalue weighted by Crippen LogP contribution is -2.22. The van der Waals surface area contributed by atoms with Gasteiger partial charge in [-0.25, -0.2) is 4.98 Å². The highest BCUT2D eigenvalue weighted by atomic mass is 16.5. The van der Waals surface area contributed by atoms with Crippen LogP contribution in [0, 0.1) is 5.92 Å². The molecule has 1 aliphatic carbocycles. The Labute approximate surface area is 108 Å². The molecule has 0 bridgehead atoms. The Morgan fingerprint density at radius 2 is 2.33 bits per heavy atom. The van der Waals surface area contributed by atoms with E-state index in [1.807, 2.05) is 13.8 Å². The summed E-state index contributed by atoms with van der Waals surface area (Å²) < 4.78 is 5.51. The lowest BCUT2D eigenvalue weighted by atomic mass is 10.1. The second-order valence-corrected chi connectivity index (χ2v) is 5.02. The van der Waals surface area contributed by atoms with Gasteiger partial charge in [-0.2, -0.15) is 4.98 Å². The average molecular weight is 251 g/mol. The Bertz CT molecular complexity index is 384. The number of hydrogen-bond donors (Lipinski definition) is 2. The molecule has 2 unspecified atom stereocenters. The highest BCUT2D eigenvalue weighted by molar-refractivity contribution is 5.27. The Kier molecular flexibility index (Phi) is 4.36. The Morgan fingerprint density at radius 1 is 1.50 bits per heavy atom. The van der Waals surface area contributed by atoms with Crippen LogP contribution in [0.5, 0.6) is 5.88 Å². The first-order valence-electron chi connectivity index (χ1n) is 6.57. The van der Waals surface area contributed by atoms with Crippen molar-refractivity contribution < 1.29 is 9.84 Å². The number of aliphatic hydroxyl groups excluding tert-OH is 1. The van der Waals surface area contributed by atoms with Crippen LogP contribution in [0.25, 0.3) is 0 Å². The molecule has 1 aromatic heterocycles. The maximum atomic E-state index is 9.73. The second-order valence-electron chi connectivity index (χ2n) is 5.02. The molecule has 1 aromatic rings. The van der Waals surface area contributed by atoms with Crippen LogP contribution in [-0.4, -0.2) is 33.8 Å². The quantitative estimate of drug-likeness (QED) is 0.835. The van der Waals surface area contributed by atoms with Gasteiger partial charge in [0.15, 0.2) is 0 Å². The van der Waals surface area contributed by atoms with E-state index in [2.05, 4.69) is 15.3 Å². The molecule has 0 radical (unpaired) electrons. The normalized spacial score (nSPS) is 23.3. The first kappa shape index (κ1) is 13.1. The van der Waals surface area contributed by atoms with E-state index in [1.54, 1.807) is 12.3 Å². The zero-order valence-electron chi connectivity index (χ0n) is 11.0. The van der Waals surface area contributed by atoms with Gasteiger partial charge in [-0.05, 0) is 26.7 Å². The molecule has 1 heterocycles. The van der Waals surface area contributed by atoms with Crippen LogP contribution >= 0.6 is 0 Å². The largest absolute Gasteiger partial charge is 0.475 e. The Balaban J connectivity index is 1.88. The number of aromatic nitrogens is 2. The van der Waals surface area contributed by atoms with E-state index < -0.39 is 0 Å².